The van der Waals surface area contributed by atoms with Crippen molar-refractivity contribution in [1.29, 1.82) is 0 Å². The van der Waals surface area contributed by atoms with Crippen LogP contribution in [0.15, 0.2) is 24.3 Å². The lowest BCUT2D eigenvalue weighted by Gasteiger charge is -2.05. The van der Waals surface area contributed by atoms with Crippen molar-refractivity contribution in [3.63, 3.8) is 0 Å². The molecule has 0 aromatic carbocycles. The topological polar surface area (TPSA) is 120 Å². The number of nitrogen functional groups attached to an aromatic ring is 1. The molecule has 0 spiro atoms. The van der Waals surface area contributed by atoms with Gasteiger partial charge in [0, 0.05) is 11.8 Å². The molecule has 9 heteroatoms. The molecule has 0 bridgehead atoms. The van der Waals surface area contributed by atoms with Crippen molar-refractivity contribution in [3.05, 3.63) is 49.8 Å². The Morgan fingerprint density at radius 2 is 2.24 bits per heavy atom. The number of thiophene rings is 1. The molecule has 21 heavy (non-hydrogen) atoms. The van der Waals surface area contributed by atoms with E-state index in [2.05, 4.69) is 4.98 Å². The van der Waals surface area contributed by atoms with Crippen LogP contribution in [0.1, 0.15) is 20.2 Å². The van der Waals surface area contributed by atoms with E-state index in [1.807, 2.05) is 5.43 Å². The van der Waals surface area contributed by atoms with Crippen LogP contribution < -0.4 is 16.0 Å². The highest BCUT2D eigenvalue weighted by Gasteiger charge is 2.18. The minimum absolute atomic E-state index is 0.0869. The predicted molar refractivity (Wildman–Crippen MR) is 75.9 cm³/mol. The molecule has 8 nitrogen and oxygen atoms in total. The first kappa shape index (κ1) is 14.9. The van der Waals surface area contributed by atoms with Crippen LogP contribution in [0, 0.1) is 17.0 Å². The smallest absolute Gasteiger partial charge is 0.406 e. The number of carbonyl (C=O) groups is 1. The van der Waals surface area contributed by atoms with Crippen molar-refractivity contribution in [2.75, 3.05) is 0 Å². The monoisotopic (exact) mass is 308 g/mol. The van der Waals surface area contributed by atoms with Gasteiger partial charge in [-0.2, -0.15) is 0 Å². The van der Waals surface area contributed by atoms with Crippen molar-refractivity contribution < 1.29 is 14.5 Å². The lowest BCUT2D eigenvalue weighted by atomic mass is 10.3. The predicted octanol–water partition coefficient (Wildman–Crippen LogP) is 1.54. The third-order valence-electron chi connectivity index (χ3n) is 2.54. The Morgan fingerprint density at radius 3 is 2.90 bits per heavy atom. The van der Waals surface area contributed by atoms with E-state index in [0.717, 1.165) is 4.88 Å². The molecule has 0 atom stereocenters. The molecule has 0 aliphatic rings. The number of nitro groups is 1. The summed E-state index contributed by atoms with van der Waals surface area (Å²) in [6, 6.07) is 6.43. The second-order valence-electron chi connectivity index (χ2n) is 4.06. The van der Waals surface area contributed by atoms with Gasteiger partial charge in [-0.3, -0.25) is 10.2 Å². The van der Waals surface area contributed by atoms with Gasteiger partial charge in [0.05, 0.1) is 4.88 Å². The second kappa shape index (κ2) is 6.29. The number of aryl methyl sites for hydroxylation is 1. The normalized spacial score (nSPS) is 10.2. The van der Waals surface area contributed by atoms with Gasteiger partial charge in [-0.1, -0.05) is 0 Å². The molecule has 0 aliphatic heterocycles. The number of nitrogens with zero attached hydrogens (tertiary/aromatic N) is 2. The number of hydrogen-bond acceptors (Lipinski definition) is 7. The highest BCUT2D eigenvalue weighted by molar-refractivity contribution is 7.14. The minimum atomic E-state index is -0.593. The van der Waals surface area contributed by atoms with E-state index < -0.39 is 10.8 Å². The summed E-state index contributed by atoms with van der Waals surface area (Å²) in [7, 11) is 0. The van der Waals surface area contributed by atoms with E-state index in [1.165, 1.54) is 17.4 Å². The van der Waals surface area contributed by atoms with Crippen molar-refractivity contribution in [2.24, 2.45) is 5.84 Å². The Bertz CT molecular complexity index is 686. The fourth-order valence-corrected chi connectivity index (χ4v) is 2.40. The Kier molecular flexibility index (Phi) is 4.45. The quantitative estimate of drug-likeness (QED) is 0.374. The summed E-state index contributed by atoms with van der Waals surface area (Å²) >= 11 is 1.19. The summed E-state index contributed by atoms with van der Waals surface area (Å²) in [6.45, 7) is 1.77. The molecule has 2 aromatic heterocycles. The number of aromatic nitrogens is 1. The maximum Gasteiger partial charge on any atom is 0.406 e. The van der Waals surface area contributed by atoms with Crippen molar-refractivity contribution >= 4 is 23.1 Å². The summed E-state index contributed by atoms with van der Waals surface area (Å²) < 4.78 is 5.41. The minimum Gasteiger partial charge on any atom is -0.480 e. The van der Waals surface area contributed by atoms with Crippen molar-refractivity contribution in [3.8, 4) is 5.75 Å². The van der Waals surface area contributed by atoms with Gasteiger partial charge in [0.15, 0.2) is 0 Å². The Labute approximate surface area is 123 Å². The van der Waals surface area contributed by atoms with Crippen LogP contribution in [0.3, 0.4) is 0 Å². The third-order valence-corrected chi connectivity index (χ3v) is 3.60. The van der Waals surface area contributed by atoms with E-state index in [4.69, 9.17) is 10.6 Å². The highest BCUT2D eigenvalue weighted by Crippen LogP contribution is 2.26. The number of amides is 1. The van der Waals surface area contributed by atoms with Gasteiger partial charge in [-0.15, -0.1) is 11.3 Å². The number of ether oxygens (including phenoxy) is 1. The number of nitrogens with two attached hydrogens (primary N) is 1. The Hall–Kier alpha value is -2.52. The first-order valence-electron chi connectivity index (χ1n) is 5.85. The summed E-state index contributed by atoms with van der Waals surface area (Å²) in [6.07, 6.45) is 0. The Balaban J connectivity index is 2.11. The van der Waals surface area contributed by atoms with E-state index in [0.29, 0.717) is 10.6 Å². The van der Waals surface area contributed by atoms with Gasteiger partial charge >= 0.3 is 5.82 Å². The zero-order valence-corrected chi connectivity index (χ0v) is 11.8. The maximum absolute atomic E-state index is 11.3. The van der Waals surface area contributed by atoms with E-state index in [1.54, 1.807) is 25.1 Å². The zero-order valence-electron chi connectivity index (χ0n) is 11.0. The molecule has 2 aromatic rings. The molecule has 2 heterocycles. The zero-order chi connectivity index (χ0) is 15.4. The van der Waals surface area contributed by atoms with Gasteiger partial charge in [0.1, 0.15) is 12.3 Å². The van der Waals surface area contributed by atoms with E-state index in [9.17, 15) is 14.9 Å². The van der Waals surface area contributed by atoms with Crippen LogP contribution in [0.2, 0.25) is 0 Å². The molecule has 0 aliphatic carbocycles. The number of carbonyl (C=O) groups excluding carboxylic acids is 1. The summed E-state index contributed by atoms with van der Waals surface area (Å²) in [4.78, 5) is 26.6. The molecular weight excluding hydrogens is 296 g/mol. The molecule has 0 unspecified atom stereocenters. The SMILES string of the molecule is Cc1ccc(OCc2ccc(C(=O)NN)s2)c([N+](=O)[O-])n1. The average molecular weight is 308 g/mol. The van der Waals surface area contributed by atoms with Crippen LogP contribution in [0.4, 0.5) is 5.82 Å². The van der Waals surface area contributed by atoms with Crippen molar-refractivity contribution in [1.82, 2.24) is 10.4 Å². The first-order chi connectivity index (χ1) is 10.0. The second-order valence-corrected chi connectivity index (χ2v) is 5.23. The van der Waals surface area contributed by atoms with Crippen LogP contribution >= 0.6 is 11.3 Å². The largest absolute Gasteiger partial charge is 0.480 e. The molecule has 0 saturated carbocycles. The van der Waals surface area contributed by atoms with Gasteiger partial charge < -0.3 is 14.9 Å². The number of pyridine rings is 1. The molecule has 0 saturated heterocycles. The lowest BCUT2D eigenvalue weighted by Crippen LogP contribution is -2.29. The van der Waals surface area contributed by atoms with E-state index in [-0.39, 0.29) is 18.2 Å². The molecule has 2 rings (SSSR count). The van der Waals surface area contributed by atoms with Crippen LogP contribution in [-0.4, -0.2) is 15.8 Å². The van der Waals surface area contributed by atoms with E-state index >= 15 is 0 Å². The van der Waals surface area contributed by atoms with Crippen LogP contribution in [0.5, 0.6) is 5.75 Å². The third kappa shape index (κ3) is 3.52. The fraction of sp³-hybridized carbons (Fsp3) is 0.167. The van der Waals surface area contributed by atoms with Crippen molar-refractivity contribution in [2.45, 2.75) is 13.5 Å². The van der Waals surface area contributed by atoms with Gasteiger partial charge in [-0.25, -0.2) is 5.84 Å². The fourth-order valence-electron chi connectivity index (χ4n) is 1.57. The number of hydrazine groups is 1. The molecule has 3 N–H and O–H groups in total. The standard InChI is InChI=1S/C12H12N4O4S/c1-7-2-4-9(11(14-7)16(18)19)20-6-8-3-5-10(21-8)12(17)15-13/h2-5H,6,13H2,1H3,(H,15,17). The molecule has 1 amide bonds. The lowest BCUT2D eigenvalue weighted by molar-refractivity contribution is -0.390. The summed E-state index contributed by atoms with van der Waals surface area (Å²) in [5.74, 6) is 4.40. The van der Waals surface area contributed by atoms with Crippen LogP contribution in [0.25, 0.3) is 0 Å². The molecular formula is C12H12N4O4S. The summed E-state index contributed by atoms with van der Waals surface area (Å²) in [5, 5.41) is 10.9. The van der Waals surface area contributed by atoms with Gasteiger partial charge in [0.25, 0.3) is 5.91 Å². The number of hydrogen-bond donors (Lipinski definition) is 2. The molecule has 110 valence electrons. The molecule has 0 radical (unpaired) electrons. The number of rotatable bonds is 5. The Morgan fingerprint density at radius 1 is 1.48 bits per heavy atom. The average Bonchev–Trinajstić information content (AvgIpc) is 2.93. The first-order valence-corrected chi connectivity index (χ1v) is 6.67. The number of nitrogens with one attached hydrogen (secondary N) is 1. The van der Waals surface area contributed by atoms with Gasteiger partial charge in [-0.05, 0) is 34.2 Å². The summed E-state index contributed by atoms with van der Waals surface area (Å²) in [5.41, 5.74) is 2.56. The van der Waals surface area contributed by atoms with Gasteiger partial charge in [0.2, 0.25) is 5.75 Å². The molecule has 0 fully saturated rings. The van der Waals surface area contributed by atoms with Crippen LogP contribution in [-0.2, 0) is 6.61 Å². The maximum atomic E-state index is 11.3. The highest BCUT2D eigenvalue weighted by atomic mass is 32.1.